The Kier molecular flexibility index (Phi) is 3.55. The van der Waals surface area contributed by atoms with Crippen LogP contribution in [0.15, 0.2) is 48.8 Å². The van der Waals surface area contributed by atoms with Gasteiger partial charge in [0.2, 0.25) is 5.88 Å². The Morgan fingerprint density at radius 3 is 2.90 bits per heavy atom. The van der Waals surface area contributed by atoms with E-state index in [1.165, 1.54) is 0 Å². The zero-order valence-electron chi connectivity index (χ0n) is 11.7. The Labute approximate surface area is 122 Å². The molecule has 5 nitrogen and oxygen atoms in total. The van der Waals surface area contributed by atoms with E-state index in [2.05, 4.69) is 15.3 Å². The van der Waals surface area contributed by atoms with Crippen molar-refractivity contribution < 1.29 is 4.74 Å². The Morgan fingerprint density at radius 1 is 1.14 bits per heavy atom. The molecular weight excluding hydrogens is 264 g/mol. The summed E-state index contributed by atoms with van der Waals surface area (Å²) < 4.78 is 5.13. The summed E-state index contributed by atoms with van der Waals surface area (Å²) >= 11 is 0. The molecule has 0 spiro atoms. The average molecular weight is 280 g/mol. The number of hydrogen-bond acceptors (Lipinski definition) is 5. The van der Waals surface area contributed by atoms with Crippen molar-refractivity contribution in [3.05, 3.63) is 54.4 Å². The van der Waals surface area contributed by atoms with Crippen molar-refractivity contribution in [2.24, 2.45) is 0 Å². The van der Waals surface area contributed by atoms with Crippen molar-refractivity contribution in [2.45, 2.75) is 6.54 Å². The molecule has 3 aromatic rings. The van der Waals surface area contributed by atoms with Gasteiger partial charge >= 0.3 is 0 Å². The number of nitrogens with zero attached hydrogens (tertiary/aromatic N) is 2. The summed E-state index contributed by atoms with van der Waals surface area (Å²) in [5.41, 5.74) is 9.62. The Bertz CT molecular complexity index is 773. The van der Waals surface area contributed by atoms with E-state index in [4.69, 9.17) is 10.5 Å². The molecule has 0 bridgehead atoms. The number of pyridine rings is 2. The van der Waals surface area contributed by atoms with Gasteiger partial charge in [-0.2, -0.15) is 0 Å². The number of fused-ring (bicyclic) bond motifs is 1. The minimum atomic E-state index is 0.606. The molecule has 3 rings (SSSR count). The highest BCUT2D eigenvalue weighted by Crippen LogP contribution is 2.26. The van der Waals surface area contributed by atoms with E-state index in [-0.39, 0.29) is 0 Å². The first kappa shape index (κ1) is 13.2. The third-order valence-electron chi connectivity index (χ3n) is 3.29. The SMILES string of the molecule is COc1cc(CNc2ccc(N)c3cccnc23)ccn1. The third kappa shape index (κ3) is 2.72. The maximum atomic E-state index is 5.98. The molecule has 2 heterocycles. The maximum Gasteiger partial charge on any atom is 0.213 e. The molecule has 0 saturated carbocycles. The molecule has 0 radical (unpaired) electrons. The van der Waals surface area contributed by atoms with Crippen molar-refractivity contribution in [1.29, 1.82) is 0 Å². The van der Waals surface area contributed by atoms with Crippen LogP contribution in [0.25, 0.3) is 10.9 Å². The maximum absolute atomic E-state index is 5.98. The quantitative estimate of drug-likeness (QED) is 0.719. The smallest absolute Gasteiger partial charge is 0.213 e. The van der Waals surface area contributed by atoms with Crippen LogP contribution in [0.3, 0.4) is 0 Å². The third-order valence-corrected chi connectivity index (χ3v) is 3.29. The molecule has 0 aliphatic heterocycles. The molecular formula is C16H16N4O. The van der Waals surface area contributed by atoms with Crippen molar-refractivity contribution in [1.82, 2.24) is 9.97 Å². The molecule has 1 aromatic carbocycles. The number of rotatable bonds is 4. The summed E-state index contributed by atoms with van der Waals surface area (Å²) in [6.45, 7) is 0.661. The van der Waals surface area contributed by atoms with Crippen LogP contribution in [0, 0.1) is 0 Å². The van der Waals surface area contributed by atoms with Gasteiger partial charge in [-0.15, -0.1) is 0 Å². The second-order valence-corrected chi connectivity index (χ2v) is 4.66. The molecule has 106 valence electrons. The molecule has 0 aliphatic rings. The normalized spacial score (nSPS) is 10.5. The molecule has 5 heteroatoms. The van der Waals surface area contributed by atoms with E-state index in [0.717, 1.165) is 27.8 Å². The summed E-state index contributed by atoms with van der Waals surface area (Å²) in [5, 5.41) is 4.33. The lowest BCUT2D eigenvalue weighted by Gasteiger charge is -2.11. The van der Waals surface area contributed by atoms with Gasteiger partial charge in [-0.25, -0.2) is 4.98 Å². The summed E-state index contributed by atoms with van der Waals surface area (Å²) in [6, 6.07) is 11.5. The van der Waals surface area contributed by atoms with Gasteiger partial charge in [-0.05, 0) is 35.9 Å². The molecule has 3 N–H and O–H groups in total. The second kappa shape index (κ2) is 5.66. The molecule has 0 saturated heterocycles. The Morgan fingerprint density at radius 2 is 2.05 bits per heavy atom. The largest absolute Gasteiger partial charge is 0.481 e. The summed E-state index contributed by atoms with van der Waals surface area (Å²) in [6.07, 6.45) is 3.50. The molecule has 2 aromatic heterocycles. The van der Waals surface area contributed by atoms with E-state index < -0.39 is 0 Å². The lowest BCUT2D eigenvalue weighted by molar-refractivity contribution is 0.397. The van der Waals surface area contributed by atoms with E-state index >= 15 is 0 Å². The van der Waals surface area contributed by atoms with Gasteiger partial charge in [0.1, 0.15) is 0 Å². The van der Waals surface area contributed by atoms with Crippen molar-refractivity contribution in [3.8, 4) is 5.88 Å². The fourth-order valence-corrected chi connectivity index (χ4v) is 2.21. The molecule has 0 aliphatic carbocycles. The van der Waals surface area contributed by atoms with Crippen LogP contribution < -0.4 is 15.8 Å². The number of hydrogen-bond donors (Lipinski definition) is 2. The zero-order chi connectivity index (χ0) is 14.7. The predicted octanol–water partition coefficient (Wildman–Crippen LogP) is 2.83. The fourth-order valence-electron chi connectivity index (χ4n) is 2.21. The molecule has 0 unspecified atom stereocenters. The molecule has 0 amide bonds. The van der Waals surface area contributed by atoms with Crippen LogP contribution in [0.2, 0.25) is 0 Å². The minimum Gasteiger partial charge on any atom is -0.481 e. The number of anilines is 2. The summed E-state index contributed by atoms with van der Waals surface area (Å²) in [4.78, 5) is 8.50. The van der Waals surface area contributed by atoms with E-state index in [1.54, 1.807) is 19.5 Å². The van der Waals surface area contributed by atoms with Gasteiger partial charge in [0, 0.05) is 36.1 Å². The number of methoxy groups -OCH3 is 1. The van der Waals surface area contributed by atoms with Crippen molar-refractivity contribution in [2.75, 3.05) is 18.2 Å². The fraction of sp³-hybridized carbons (Fsp3) is 0.125. The summed E-state index contributed by atoms with van der Waals surface area (Å²) in [5.74, 6) is 0.606. The number of nitrogen functional groups attached to an aromatic ring is 1. The topological polar surface area (TPSA) is 73.1 Å². The van der Waals surface area contributed by atoms with Crippen LogP contribution in [0.1, 0.15) is 5.56 Å². The Hall–Kier alpha value is -2.82. The Balaban J connectivity index is 1.87. The van der Waals surface area contributed by atoms with Gasteiger partial charge in [-0.1, -0.05) is 0 Å². The molecule has 21 heavy (non-hydrogen) atoms. The highest BCUT2D eigenvalue weighted by molar-refractivity contribution is 5.98. The second-order valence-electron chi connectivity index (χ2n) is 4.66. The number of nitrogens with two attached hydrogens (primary N) is 1. The van der Waals surface area contributed by atoms with Crippen LogP contribution in [0.5, 0.6) is 5.88 Å². The lowest BCUT2D eigenvalue weighted by Crippen LogP contribution is -2.02. The highest BCUT2D eigenvalue weighted by Gasteiger charge is 2.05. The first-order valence-electron chi connectivity index (χ1n) is 6.64. The monoisotopic (exact) mass is 280 g/mol. The van der Waals surface area contributed by atoms with E-state index in [0.29, 0.717) is 12.4 Å². The number of ether oxygens (including phenoxy) is 1. The van der Waals surface area contributed by atoms with Gasteiger partial charge in [-0.3, -0.25) is 4.98 Å². The average Bonchev–Trinajstić information content (AvgIpc) is 2.55. The summed E-state index contributed by atoms with van der Waals surface area (Å²) in [7, 11) is 1.61. The van der Waals surface area contributed by atoms with Crippen LogP contribution in [-0.4, -0.2) is 17.1 Å². The number of aromatic nitrogens is 2. The number of nitrogens with one attached hydrogen (secondary N) is 1. The molecule has 0 atom stereocenters. The highest BCUT2D eigenvalue weighted by atomic mass is 16.5. The standard InChI is InChI=1S/C16H16N4O/c1-21-15-9-11(6-8-18-15)10-20-14-5-4-13(17)12-3-2-7-19-16(12)14/h2-9,20H,10,17H2,1H3. The first-order valence-corrected chi connectivity index (χ1v) is 6.64. The first-order chi connectivity index (χ1) is 10.3. The van der Waals surface area contributed by atoms with Gasteiger partial charge in [0.05, 0.1) is 18.3 Å². The van der Waals surface area contributed by atoms with Crippen molar-refractivity contribution in [3.63, 3.8) is 0 Å². The van der Waals surface area contributed by atoms with Gasteiger partial charge in [0.15, 0.2) is 0 Å². The van der Waals surface area contributed by atoms with Crippen LogP contribution in [-0.2, 0) is 6.54 Å². The lowest BCUT2D eigenvalue weighted by atomic mass is 10.1. The minimum absolute atomic E-state index is 0.606. The van der Waals surface area contributed by atoms with Crippen molar-refractivity contribution >= 4 is 22.3 Å². The molecule has 0 fully saturated rings. The zero-order valence-corrected chi connectivity index (χ0v) is 11.7. The van der Waals surface area contributed by atoms with Crippen LogP contribution >= 0.6 is 0 Å². The van der Waals surface area contributed by atoms with E-state index in [9.17, 15) is 0 Å². The van der Waals surface area contributed by atoms with Gasteiger partial charge in [0.25, 0.3) is 0 Å². The number of benzene rings is 1. The van der Waals surface area contributed by atoms with Crippen LogP contribution in [0.4, 0.5) is 11.4 Å². The van der Waals surface area contributed by atoms with E-state index in [1.807, 2.05) is 36.4 Å². The van der Waals surface area contributed by atoms with Gasteiger partial charge < -0.3 is 15.8 Å². The predicted molar refractivity (Wildman–Crippen MR) is 84.3 cm³/mol.